The summed E-state index contributed by atoms with van der Waals surface area (Å²) in [4.78, 5) is 12.9. The summed E-state index contributed by atoms with van der Waals surface area (Å²) in [5, 5.41) is 2.97. The van der Waals surface area contributed by atoms with Crippen molar-refractivity contribution in [2.75, 3.05) is 14.2 Å². The Morgan fingerprint density at radius 1 is 1.04 bits per heavy atom. The van der Waals surface area contributed by atoms with E-state index in [9.17, 15) is 4.79 Å². The summed E-state index contributed by atoms with van der Waals surface area (Å²) in [6, 6.07) is 20.5. The van der Waals surface area contributed by atoms with Gasteiger partial charge in [0, 0.05) is 26.9 Å². The van der Waals surface area contributed by atoms with E-state index >= 15 is 0 Å². The predicted octanol–water partition coefficient (Wildman–Crippen LogP) is 5.21. The van der Waals surface area contributed by atoms with Crippen LogP contribution in [0.15, 0.2) is 66.0 Å². The van der Waals surface area contributed by atoms with Crippen LogP contribution in [0.1, 0.15) is 15.2 Å². The molecule has 0 saturated heterocycles. The Labute approximate surface area is 161 Å². The highest BCUT2D eigenvalue weighted by molar-refractivity contribution is 7.10. The van der Waals surface area contributed by atoms with Crippen molar-refractivity contribution in [2.24, 2.45) is 0 Å². The van der Waals surface area contributed by atoms with Gasteiger partial charge >= 0.3 is 5.97 Å². The van der Waals surface area contributed by atoms with Crippen molar-refractivity contribution < 1.29 is 14.3 Å². The van der Waals surface area contributed by atoms with Gasteiger partial charge in [-0.25, -0.2) is 4.79 Å². The molecule has 136 valence electrons. The zero-order valence-corrected chi connectivity index (χ0v) is 16.0. The first-order chi connectivity index (χ1) is 13.2. The van der Waals surface area contributed by atoms with E-state index in [0.29, 0.717) is 12.1 Å². The lowest BCUT2D eigenvalue weighted by atomic mass is 10.1. The van der Waals surface area contributed by atoms with E-state index in [1.807, 2.05) is 41.8 Å². The first-order valence-electron chi connectivity index (χ1n) is 8.58. The third-order valence-electron chi connectivity index (χ3n) is 4.57. The minimum Gasteiger partial charge on any atom is -0.497 e. The standard InChI is InChI=1S/C22H19NO3S/c1-25-18-8-9-20-16(10-18)12-21(15-6-4-3-5-7-15)23(20)13-19-11-17(14-27-19)22(24)26-2/h3-12,14H,13H2,1-2H3. The molecule has 0 radical (unpaired) electrons. The molecule has 0 amide bonds. The van der Waals surface area contributed by atoms with Crippen molar-refractivity contribution in [1.82, 2.24) is 4.57 Å². The van der Waals surface area contributed by atoms with Crippen LogP contribution in [-0.2, 0) is 11.3 Å². The topological polar surface area (TPSA) is 40.5 Å². The number of nitrogens with zero attached hydrogens (tertiary/aromatic N) is 1. The molecule has 2 heterocycles. The molecule has 0 unspecified atom stereocenters. The molecule has 4 aromatic rings. The minimum absolute atomic E-state index is 0.303. The van der Waals surface area contributed by atoms with Crippen molar-refractivity contribution in [3.05, 3.63) is 76.5 Å². The lowest BCUT2D eigenvalue weighted by Crippen LogP contribution is -2.01. The van der Waals surface area contributed by atoms with Crippen molar-refractivity contribution in [3.63, 3.8) is 0 Å². The molecule has 0 spiro atoms. The van der Waals surface area contributed by atoms with Gasteiger partial charge < -0.3 is 14.0 Å². The van der Waals surface area contributed by atoms with Crippen LogP contribution in [-0.4, -0.2) is 24.8 Å². The Balaban J connectivity index is 1.82. The molecule has 27 heavy (non-hydrogen) atoms. The summed E-state index contributed by atoms with van der Waals surface area (Å²) < 4.78 is 12.5. The monoisotopic (exact) mass is 377 g/mol. The van der Waals surface area contributed by atoms with Crippen molar-refractivity contribution >= 4 is 28.2 Å². The maximum atomic E-state index is 11.8. The average Bonchev–Trinajstić information content (AvgIpc) is 3.33. The van der Waals surface area contributed by atoms with Crippen molar-refractivity contribution in [3.8, 4) is 17.0 Å². The summed E-state index contributed by atoms with van der Waals surface area (Å²) in [6.45, 7) is 0.682. The number of methoxy groups -OCH3 is 2. The molecule has 0 aliphatic rings. The van der Waals surface area contributed by atoms with Crippen LogP contribution >= 0.6 is 11.3 Å². The Kier molecular flexibility index (Phi) is 4.69. The molecule has 0 fully saturated rings. The van der Waals surface area contributed by atoms with Crippen molar-refractivity contribution in [1.29, 1.82) is 0 Å². The lowest BCUT2D eigenvalue weighted by Gasteiger charge is -2.10. The molecular formula is C22H19NO3S. The fourth-order valence-corrected chi connectivity index (χ4v) is 4.08. The Hall–Kier alpha value is -3.05. The molecule has 5 heteroatoms. The first-order valence-corrected chi connectivity index (χ1v) is 9.46. The molecule has 4 rings (SSSR count). The highest BCUT2D eigenvalue weighted by atomic mass is 32.1. The van der Waals surface area contributed by atoms with E-state index in [0.717, 1.165) is 32.8 Å². The largest absolute Gasteiger partial charge is 0.497 e. The molecule has 0 aliphatic heterocycles. The summed E-state index contributed by atoms with van der Waals surface area (Å²) in [7, 11) is 3.08. The van der Waals surface area contributed by atoms with Gasteiger partial charge in [-0.05, 0) is 35.9 Å². The molecule has 0 bridgehead atoms. The zero-order valence-electron chi connectivity index (χ0n) is 15.1. The number of thiophene rings is 1. The third-order valence-corrected chi connectivity index (χ3v) is 5.49. The molecular weight excluding hydrogens is 358 g/mol. The number of esters is 1. The van der Waals surface area contributed by atoms with Gasteiger partial charge in [0.1, 0.15) is 5.75 Å². The highest BCUT2D eigenvalue weighted by Gasteiger charge is 2.14. The van der Waals surface area contributed by atoms with Crippen LogP contribution in [0.4, 0.5) is 0 Å². The molecule has 2 aromatic heterocycles. The quantitative estimate of drug-likeness (QED) is 0.448. The van der Waals surface area contributed by atoms with Gasteiger partial charge in [0.2, 0.25) is 0 Å². The number of carbonyl (C=O) groups excluding carboxylic acids is 1. The fourth-order valence-electron chi connectivity index (χ4n) is 3.24. The number of fused-ring (bicyclic) bond motifs is 1. The van der Waals surface area contributed by atoms with E-state index in [-0.39, 0.29) is 5.97 Å². The van der Waals surface area contributed by atoms with Crippen LogP contribution in [0, 0.1) is 0 Å². The summed E-state index contributed by atoms with van der Waals surface area (Å²) in [6.07, 6.45) is 0. The van der Waals surface area contributed by atoms with Crippen molar-refractivity contribution in [2.45, 2.75) is 6.54 Å². The summed E-state index contributed by atoms with van der Waals surface area (Å²) >= 11 is 1.57. The second-order valence-corrected chi connectivity index (χ2v) is 7.20. The van der Waals surface area contributed by atoms with Crippen LogP contribution in [0.3, 0.4) is 0 Å². The summed E-state index contributed by atoms with van der Waals surface area (Å²) in [5.74, 6) is 0.534. The average molecular weight is 377 g/mol. The number of aromatic nitrogens is 1. The minimum atomic E-state index is -0.303. The third kappa shape index (κ3) is 3.34. The summed E-state index contributed by atoms with van der Waals surface area (Å²) in [5.41, 5.74) is 4.00. The van der Waals surface area contributed by atoms with Gasteiger partial charge in [0.15, 0.2) is 0 Å². The molecule has 0 aliphatic carbocycles. The van der Waals surface area contributed by atoms with Gasteiger partial charge in [0.25, 0.3) is 0 Å². The molecule has 4 nitrogen and oxygen atoms in total. The number of hydrogen-bond acceptors (Lipinski definition) is 4. The van der Waals surface area contributed by atoms with Gasteiger partial charge in [0.05, 0.1) is 26.3 Å². The number of rotatable bonds is 5. The molecule has 0 N–H and O–H groups in total. The number of ether oxygens (including phenoxy) is 2. The Morgan fingerprint density at radius 2 is 1.85 bits per heavy atom. The van der Waals surface area contributed by atoms with Crippen LogP contribution in [0.2, 0.25) is 0 Å². The predicted molar refractivity (Wildman–Crippen MR) is 109 cm³/mol. The van der Waals surface area contributed by atoms with Crippen LogP contribution in [0.25, 0.3) is 22.2 Å². The highest BCUT2D eigenvalue weighted by Crippen LogP contribution is 2.32. The molecule has 0 atom stereocenters. The van der Waals surface area contributed by atoms with E-state index in [2.05, 4.69) is 28.8 Å². The zero-order chi connectivity index (χ0) is 18.8. The number of hydrogen-bond donors (Lipinski definition) is 0. The second-order valence-electron chi connectivity index (χ2n) is 6.20. The van der Waals surface area contributed by atoms with E-state index in [4.69, 9.17) is 9.47 Å². The first kappa shape index (κ1) is 17.4. The van der Waals surface area contributed by atoms with E-state index in [1.165, 1.54) is 7.11 Å². The van der Waals surface area contributed by atoms with Crippen LogP contribution < -0.4 is 4.74 Å². The van der Waals surface area contributed by atoms with E-state index in [1.54, 1.807) is 18.4 Å². The number of carbonyl (C=O) groups is 1. The van der Waals surface area contributed by atoms with Crippen LogP contribution in [0.5, 0.6) is 5.75 Å². The Bertz CT molecular complexity index is 1100. The number of benzene rings is 2. The molecule has 0 saturated carbocycles. The SMILES string of the molecule is COC(=O)c1csc(Cn2c(-c3ccccc3)cc3cc(OC)ccc32)c1. The van der Waals surface area contributed by atoms with Gasteiger partial charge in [-0.15, -0.1) is 11.3 Å². The second kappa shape index (κ2) is 7.29. The van der Waals surface area contributed by atoms with Gasteiger partial charge in [-0.1, -0.05) is 30.3 Å². The Morgan fingerprint density at radius 3 is 2.59 bits per heavy atom. The maximum absolute atomic E-state index is 11.8. The fraction of sp³-hybridized carbons (Fsp3) is 0.136. The lowest BCUT2D eigenvalue weighted by molar-refractivity contribution is 0.0601. The smallest absolute Gasteiger partial charge is 0.338 e. The molecule has 2 aromatic carbocycles. The maximum Gasteiger partial charge on any atom is 0.338 e. The van der Waals surface area contributed by atoms with E-state index < -0.39 is 0 Å². The normalized spacial score (nSPS) is 10.9. The van der Waals surface area contributed by atoms with Gasteiger partial charge in [-0.3, -0.25) is 0 Å². The van der Waals surface area contributed by atoms with Gasteiger partial charge in [-0.2, -0.15) is 0 Å².